The molecular weight excluding hydrogens is 386 g/mol. The summed E-state index contributed by atoms with van der Waals surface area (Å²) < 4.78 is 10.9. The van der Waals surface area contributed by atoms with Gasteiger partial charge in [0.1, 0.15) is 10.7 Å². The minimum atomic E-state index is -0.0180. The molecular formula is C22H25N3O3S. The lowest BCUT2D eigenvalue weighted by molar-refractivity contribution is 0.174. The van der Waals surface area contributed by atoms with Crippen LogP contribution in [-0.2, 0) is 19.4 Å². The fourth-order valence-corrected chi connectivity index (χ4v) is 5.63. The third-order valence-electron chi connectivity index (χ3n) is 6.11. The van der Waals surface area contributed by atoms with E-state index in [2.05, 4.69) is 23.7 Å². The molecule has 0 bridgehead atoms. The molecule has 1 aromatic carbocycles. The first-order chi connectivity index (χ1) is 14.0. The molecule has 3 aromatic rings. The smallest absolute Gasteiger partial charge is 0.259 e. The minimum absolute atomic E-state index is 0.000354. The molecule has 1 N–H and O–H groups in total. The van der Waals surface area contributed by atoms with Gasteiger partial charge in [-0.15, -0.1) is 11.3 Å². The van der Waals surface area contributed by atoms with E-state index in [1.807, 2.05) is 25.2 Å². The lowest BCUT2D eigenvalue weighted by Gasteiger charge is -2.24. The van der Waals surface area contributed by atoms with E-state index in [-0.39, 0.29) is 18.4 Å². The average molecular weight is 412 g/mol. The highest BCUT2D eigenvalue weighted by molar-refractivity contribution is 7.18. The largest absolute Gasteiger partial charge is 0.454 e. The number of H-pyrrole nitrogens is 1. The van der Waals surface area contributed by atoms with Crippen LogP contribution in [0.15, 0.2) is 23.0 Å². The van der Waals surface area contributed by atoms with Crippen LogP contribution in [0.4, 0.5) is 0 Å². The highest BCUT2D eigenvalue weighted by Crippen LogP contribution is 2.36. The van der Waals surface area contributed by atoms with E-state index in [0.717, 1.165) is 58.9 Å². The second-order valence-corrected chi connectivity index (χ2v) is 9.35. The summed E-state index contributed by atoms with van der Waals surface area (Å²) in [7, 11) is 2.04. The summed E-state index contributed by atoms with van der Waals surface area (Å²) in [6, 6.07) is 5.99. The SMILES string of the molecule is C[C@H]1CCc2c(sc3nc([C@H](C)N(C)Cc4ccc5c(c4)OCO5)[nH]c(=O)c23)C1. The molecule has 2 atom stereocenters. The number of hydrogen-bond donors (Lipinski definition) is 1. The monoisotopic (exact) mass is 411 g/mol. The zero-order valence-corrected chi connectivity index (χ0v) is 17.8. The molecule has 6 nitrogen and oxygen atoms in total. The quantitative estimate of drug-likeness (QED) is 0.702. The van der Waals surface area contributed by atoms with Crippen LogP contribution in [-0.4, -0.2) is 28.7 Å². The van der Waals surface area contributed by atoms with Crippen LogP contribution in [0.2, 0.25) is 0 Å². The predicted molar refractivity (Wildman–Crippen MR) is 114 cm³/mol. The zero-order valence-electron chi connectivity index (χ0n) is 16.9. The molecule has 0 saturated heterocycles. The highest BCUT2D eigenvalue weighted by atomic mass is 32.1. The van der Waals surface area contributed by atoms with Crippen molar-refractivity contribution in [1.82, 2.24) is 14.9 Å². The summed E-state index contributed by atoms with van der Waals surface area (Å²) in [5.41, 5.74) is 2.36. The summed E-state index contributed by atoms with van der Waals surface area (Å²) in [6.07, 6.45) is 3.19. The van der Waals surface area contributed by atoms with E-state index in [9.17, 15) is 4.79 Å². The normalized spacial score (nSPS) is 19.0. The lowest BCUT2D eigenvalue weighted by atomic mass is 9.89. The van der Waals surface area contributed by atoms with Crippen LogP contribution in [0.1, 0.15) is 48.1 Å². The Morgan fingerprint density at radius 2 is 2.17 bits per heavy atom. The topological polar surface area (TPSA) is 67.5 Å². The van der Waals surface area contributed by atoms with E-state index >= 15 is 0 Å². The maximum Gasteiger partial charge on any atom is 0.259 e. The molecule has 0 amide bonds. The number of thiophene rings is 1. The van der Waals surface area contributed by atoms with Crippen molar-refractivity contribution in [3.8, 4) is 11.5 Å². The highest BCUT2D eigenvalue weighted by Gasteiger charge is 2.24. The Morgan fingerprint density at radius 1 is 1.34 bits per heavy atom. The summed E-state index contributed by atoms with van der Waals surface area (Å²) >= 11 is 1.70. The van der Waals surface area contributed by atoms with Gasteiger partial charge < -0.3 is 14.5 Å². The van der Waals surface area contributed by atoms with Gasteiger partial charge >= 0.3 is 0 Å². The summed E-state index contributed by atoms with van der Waals surface area (Å²) in [6.45, 7) is 5.36. The average Bonchev–Trinajstić information content (AvgIpc) is 3.30. The number of hydrogen-bond acceptors (Lipinski definition) is 6. The molecule has 1 aliphatic heterocycles. The molecule has 5 rings (SSSR count). The Labute approximate surface area is 173 Å². The van der Waals surface area contributed by atoms with E-state index in [4.69, 9.17) is 14.5 Å². The Morgan fingerprint density at radius 3 is 3.03 bits per heavy atom. The number of ether oxygens (including phenoxy) is 2. The molecule has 0 spiro atoms. The van der Waals surface area contributed by atoms with Crippen LogP contribution < -0.4 is 15.0 Å². The van der Waals surface area contributed by atoms with Crippen molar-refractivity contribution in [2.75, 3.05) is 13.8 Å². The molecule has 0 fully saturated rings. The van der Waals surface area contributed by atoms with Crippen LogP contribution in [0.3, 0.4) is 0 Å². The molecule has 29 heavy (non-hydrogen) atoms. The second kappa shape index (κ2) is 7.15. The number of benzene rings is 1. The van der Waals surface area contributed by atoms with Gasteiger partial charge in [0.05, 0.1) is 11.4 Å². The van der Waals surface area contributed by atoms with E-state index in [0.29, 0.717) is 5.92 Å². The van der Waals surface area contributed by atoms with Crippen molar-refractivity contribution in [2.24, 2.45) is 5.92 Å². The molecule has 152 valence electrons. The first-order valence-corrected chi connectivity index (χ1v) is 10.9. The third kappa shape index (κ3) is 3.32. The second-order valence-electron chi connectivity index (χ2n) is 8.26. The molecule has 3 heterocycles. The first-order valence-electron chi connectivity index (χ1n) is 10.1. The molecule has 0 unspecified atom stereocenters. The minimum Gasteiger partial charge on any atom is -0.454 e. The predicted octanol–water partition coefficient (Wildman–Crippen LogP) is 4.03. The van der Waals surface area contributed by atoms with Gasteiger partial charge in [0, 0.05) is 11.4 Å². The van der Waals surface area contributed by atoms with Gasteiger partial charge in [0.15, 0.2) is 11.5 Å². The number of nitrogens with zero attached hydrogens (tertiary/aromatic N) is 2. The van der Waals surface area contributed by atoms with Gasteiger partial charge in [-0.05, 0) is 62.4 Å². The van der Waals surface area contributed by atoms with Crippen LogP contribution in [0.5, 0.6) is 11.5 Å². The van der Waals surface area contributed by atoms with Crippen molar-refractivity contribution < 1.29 is 9.47 Å². The fraction of sp³-hybridized carbons (Fsp3) is 0.455. The maximum absolute atomic E-state index is 12.9. The van der Waals surface area contributed by atoms with Crippen LogP contribution >= 0.6 is 11.3 Å². The fourth-order valence-electron chi connectivity index (χ4n) is 4.24. The van der Waals surface area contributed by atoms with Crippen LogP contribution in [0, 0.1) is 5.92 Å². The van der Waals surface area contributed by atoms with Crippen molar-refractivity contribution in [1.29, 1.82) is 0 Å². The first kappa shape index (κ1) is 18.6. The van der Waals surface area contributed by atoms with Gasteiger partial charge in [-0.3, -0.25) is 9.69 Å². The number of fused-ring (bicyclic) bond motifs is 4. The van der Waals surface area contributed by atoms with Crippen molar-refractivity contribution >= 4 is 21.6 Å². The Kier molecular flexibility index (Phi) is 4.59. The zero-order chi connectivity index (χ0) is 20.1. The summed E-state index contributed by atoms with van der Waals surface area (Å²) in [5, 5.41) is 0.811. The maximum atomic E-state index is 12.9. The van der Waals surface area contributed by atoms with Crippen LogP contribution in [0.25, 0.3) is 10.2 Å². The Bertz CT molecular complexity index is 1140. The molecule has 2 aromatic heterocycles. The molecule has 1 aliphatic carbocycles. The van der Waals surface area contributed by atoms with Gasteiger partial charge in [-0.2, -0.15) is 0 Å². The van der Waals surface area contributed by atoms with Crippen molar-refractivity contribution in [3.63, 3.8) is 0 Å². The number of aryl methyl sites for hydroxylation is 1. The van der Waals surface area contributed by atoms with Crippen molar-refractivity contribution in [2.45, 2.75) is 45.7 Å². The Hall–Kier alpha value is -2.38. The summed E-state index contributed by atoms with van der Waals surface area (Å²) in [4.78, 5) is 25.2. The van der Waals surface area contributed by atoms with E-state index in [1.165, 1.54) is 10.4 Å². The summed E-state index contributed by atoms with van der Waals surface area (Å²) in [5.74, 6) is 2.98. The Balaban J connectivity index is 1.41. The number of nitrogens with one attached hydrogen (secondary N) is 1. The van der Waals surface area contributed by atoms with E-state index < -0.39 is 0 Å². The molecule has 0 saturated carbocycles. The van der Waals surface area contributed by atoms with Crippen molar-refractivity contribution in [3.05, 3.63) is 50.4 Å². The van der Waals surface area contributed by atoms with Gasteiger partial charge in [-0.25, -0.2) is 4.98 Å². The third-order valence-corrected chi connectivity index (χ3v) is 7.26. The number of aromatic nitrogens is 2. The van der Waals surface area contributed by atoms with E-state index in [1.54, 1.807) is 11.3 Å². The standard InChI is InChI=1S/C22H25N3O3S/c1-12-4-6-15-18(8-12)29-22-19(15)21(26)23-20(24-22)13(2)25(3)10-14-5-7-16-17(9-14)28-11-27-16/h5,7,9,12-13H,4,6,8,10-11H2,1-3H3,(H,23,24,26)/t12-,13-/m0/s1. The molecule has 0 radical (unpaired) electrons. The lowest BCUT2D eigenvalue weighted by Crippen LogP contribution is -2.26. The number of rotatable bonds is 4. The number of aromatic amines is 1. The molecule has 7 heteroatoms. The van der Waals surface area contributed by atoms with Gasteiger partial charge in [0.25, 0.3) is 5.56 Å². The molecule has 2 aliphatic rings. The van der Waals surface area contributed by atoms with Gasteiger partial charge in [0.2, 0.25) is 6.79 Å². The van der Waals surface area contributed by atoms with Gasteiger partial charge in [-0.1, -0.05) is 13.0 Å².